The van der Waals surface area contributed by atoms with Gasteiger partial charge in [0.25, 0.3) is 0 Å². The standard InChI is InChI=1S/C17H16BrN3O2S/c1-11-2-7-15-16(8-11)20-17(19-15)12-9-21(10-12)24(22,23)14-5-3-13(18)4-6-14/h2-8,12H,9-10H2,1H3,(H,19,20). The molecule has 1 N–H and O–H groups in total. The van der Waals surface area contributed by atoms with Crippen molar-refractivity contribution in [3.8, 4) is 0 Å². The van der Waals surface area contributed by atoms with Gasteiger partial charge in [-0.1, -0.05) is 22.0 Å². The smallest absolute Gasteiger partial charge is 0.243 e. The highest BCUT2D eigenvalue weighted by molar-refractivity contribution is 9.10. The summed E-state index contributed by atoms with van der Waals surface area (Å²) in [4.78, 5) is 8.24. The maximum atomic E-state index is 12.6. The van der Waals surface area contributed by atoms with Crippen LogP contribution < -0.4 is 0 Å². The van der Waals surface area contributed by atoms with Crippen molar-refractivity contribution in [3.05, 3.63) is 58.3 Å². The third-order valence-corrected chi connectivity index (χ3v) is 6.72. The first-order chi connectivity index (χ1) is 11.4. The molecule has 1 aliphatic heterocycles. The van der Waals surface area contributed by atoms with Crippen LogP contribution in [0.1, 0.15) is 17.3 Å². The molecule has 1 saturated heterocycles. The van der Waals surface area contributed by atoms with Crippen LogP contribution in [-0.4, -0.2) is 35.8 Å². The summed E-state index contributed by atoms with van der Waals surface area (Å²) in [6.45, 7) is 2.95. The second-order valence-corrected chi connectivity index (χ2v) is 8.97. The highest BCUT2D eigenvalue weighted by atomic mass is 79.9. The molecule has 0 saturated carbocycles. The van der Waals surface area contributed by atoms with Gasteiger partial charge in [-0.2, -0.15) is 4.31 Å². The second-order valence-electron chi connectivity index (χ2n) is 6.12. The molecular weight excluding hydrogens is 390 g/mol. The summed E-state index contributed by atoms with van der Waals surface area (Å²) >= 11 is 3.32. The quantitative estimate of drug-likeness (QED) is 0.725. The van der Waals surface area contributed by atoms with Gasteiger partial charge in [0.15, 0.2) is 0 Å². The molecule has 1 aliphatic rings. The van der Waals surface area contributed by atoms with Gasteiger partial charge in [0.1, 0.15) is 5.82 Å². The lowest BCUT2D eigenvalue weighted by atomic mass is 10.0. The first-order valence-electron chi connectivity index (χ1n) is 7.65. The summed E-state index contributed by atoms with van der Waals surface area (Å²) in [6.07, 6.45) is 0. The highest BCUT2D eigenvalue weighted by Crippen LogP contribution is 2.32. The number of H-pyrrole nitrogens is 1. The highest BCUT2D eigenvalue weighted by Gasteiger charge is 2.38. The lowest BCUT2D eigenvalue weighted by molar-refractivity contribution is 0.257. The third kappa shape index (κ3) is 2.66. The number of imidazole rings is 1. The number of hydrogen-bond acceptors (Lipinski definition) is 3. The van der Waals surface area contributed by atoms with Gasteiger partial charge in [-0.25, -0.2) is 13.4 Å². The van der Waals surface area contributed by atoms with E-state index in [-0.39, 0.29) is 5.92 Å². The predicted molar refractivity (Wildman–Crippen MR) is 96.5 cm³/mol. The summed E-state index contributed by atoms with van der Waals surface area (Å²) < 4.78 is 27.6. The number of sulfonamides is 1. The summed E-state index contributed by atoms with van der Waals surface area (Å²) in [6, 6.07) is 12.8. The SMILES string of the molecule is Cc1ccc2nc(C3CN(S(=O)(=O)c4ccc(Br)cc4)C3)[nH]c2c1. The molecule has 0 unspecified atom stereocenters. The molecule has 0 bridgehead atoms. The van der Waals surface area contributed by atoms with E-state index in [4.69, 9.17) is 0 Å². The minimum atomic E-state index is -3.43. The molecule has 2 aromatic carbocycles. The van der Waals surface area contributed by atoms with Crippen LogP contribution in [0.15, 0.2) is 51.8 Å². The van der Waals surface area contributed by atoms with E-state index >= 15 is 0 Å². The van der Waals surface area contributed by atoms with Crippen LogP contribution in [0.2, 0.25) is 0 Å². The molecule has 0 atom stereocenters. The predicted octanol–water partition coefficient (Wildman–Crippen LogP) is 3.42. The van der Waals surface area contributed by atoms with Gasteiger partial charge in [0.2, 0.25) is 10.0 Å². The topological polar surface area (TPSA) is 66.1 Å². The zero-order valence-electron chi connectivity index (χ0n) is 13.0. The number of aryl methyl sites for hydroxylation is 1. The van der Waals surface area contributed by atoms with Gasteiger partial charge in [0.05, 0.1) is 15.9 Å². The third-order valence-electron chi connectivity index (χ3n) is 4.34. The molecule has 0 aliphatic carbocycles. The monoisotopic (exact) mass is 405 g/mol. The van der Waals surface area contributed by atoms with Crippen molar-refractivity contribution in [2.45, 2.75) is 17.7 Å². The lowest BCUT2D eigenvalue weighted by Crippen LogP contribution is -2.48. The van der Waals surface area contributed by atoms with E-state index in [0.717, 1.165) is 21.3 Å². The lowest BCUT2D eigenvalue weighted by Gasteiger charge is -2.36. The van der Waals surface area contributed by atoms with Crippen molar-refractivity contribution in [2.24, 2.45) is 0 Å². The van der Waals surface area contributed by atoms with Crippen LogP contribution in [0.5, 0.6) is 0 Å². The number of halogens is 1. The first kappa shape index (κ1) is 15.8. The number of nitrogens with zero attached hydrogens (tertiary/aromatic N) is 2. The van der Waals surface area contributed by atoms with Crippen LogP contribution in [0.3, 0.4) is 0 Å². The fourth-order valence-corrected chi connectivity index (χ4v) is 4.69. The van der Waals surface area contributed by atoms with Crippen LogP contribution >= 0.6 is 15.9 Å². The molecule has 5 nitrogen and oxygen atoms in total. The molecule has 2 heterocycles. The van der Waals surface area contributed by atoms with Crippen LogP contribution in [0.25, 0.3) is 11.0 Å². The molecule has 1 fully saturated rings. The van der Waals surface area contributed by atoms with Crippen molar-refractivity contribution in [1.29, 1.82) is 0 Å². The van der Waals surface area contributed by atoms with Crippen molar-refractivity contribution in [3.63, 3.8) is 0 Å². The number of nitrogens with one attached hydrogen (secondary N) is 1. The summed E-state index contributed by atoms with van der Waals surface area (Å²) in [7, 11) is -3.43. The van der Waals surface area contributed by atoms with Crippen molar-refractivity contribution >= 4 is 37.0 Å². The van der Waals surface area contributed by atoms with E-state index in [1.165, 1.54) is 9.87 Å². The zero-order valence-corrected chi connectivity index (χ0v) is 15.4. The Labute approximate surface area is 148 Å². The Kier molecular flexibility index (Phi) is 3.74. The molecule has 124 valence electrons. The summed E-state index contributed by atoms with van der Waals surface area (Å²) in [5, 5.41) is 0. The zero-order chi connectivity index (χ0) is 16.9. The molecule has 0 spiro atoms. The Morgan fingerprint density at radius 2 is 1.88 bits per heavy atom. The Hall–Kier alpha value is -1.70. The molecule has 3 aromatic rings. The minimum Gasteiger partial charge on any atom is -0.342 e. The Morgan fingerprint density at radius 1 is 1.17 bits per heavy atom. The van der Waals surface area contributed by atoms with E-state index in [1.807, 2.05) is 19.1 Å². The Bertz CT molecular complexity index is 1010. The maximum Gasteiger partial charge on any atom is 0.243 e. The molecule has 4 rings (SSSR count). The van der Waals surface area contributed by atoms with E-state index in [0.29, 0.717) is 18.0 Å². The molecule has 7 heteroatoms. The largest absolute Gasteiger partial charge is 0.342 e. The van der Waals surface area contributed by atoms with Crippen molar-refractivity contribution in [2.75, 3.05) is 13.1 Å². The van der Waals surface area contributed by atoms with Crippen LogP contribution in [0, 0.1) is 6.92 Å². The fourth-order valence-electron chi connectivity index (χ4n) is 2.90. The Balaban J connectivity index is 1.53. The van der Waals surface area contributed by atoms with Gasteiger partial charge >= 0.3 is 0 Å². The van der Waals surface area contributed by atoms with E-state index < -0.39 is 10.0 Å². The number of fused-ring (bicyclic) bond motifs is 1. The first-order valence-corrected chi connectivity index (χ1v) is 9.89. The fraction of sp³-hybridized carbons (Fsp3) is 0.235. The maximum absolute atomic E-state index is 12.6. The van der Waals surface area contributed by atoms with E-state index in [9.17, 15) is 8.42 Å². The van der Waals surface area contributed by atoms with Gasteiger partial charge in [-0.3, -0.25) is 0 Å². The molecule has 1 aromatic heterocycles. The number of hydrogen-bond donors (Lipinski definition) is 1. The van der Waals surface area contributed by atoms with Gasteiger partial charge < -0.3 is 4.98 Å². The Morgan fingerprint density at radius 3 is 2.58 bits per heavy atom. The number of aromatic amines is 1. The van der Waals surface area contributed by atoms with Gasteiger partial charge in [-0.05, 0) is 48.9 Å². The number of rotatable bonds is 3. The van der Waals surface area contributed by atoms with Gasteiger partial charge in [-0.15, -0.1) is 0 Å². The molecular formula is C17H16BrN3O2S. The summed E-state index contributed by atoms with van der Waals surface area (Å²) in [5.74, 6) is 0.973. The van der Waals surface area contributed by atoms with Gasteiger partial charge in [0, 0.05) is 23.5 Å². The molecule has 24 heavy (non-hydrogen) atoms. The van der Waals surface area contributed by atoms with E-state index in [2.05, 4.69) is 32.0 Å². The summed E-state index contributed by atoms with van der Waals surface area (Å²) in [5.41, 5.74) is 3.09. The minimum absolute atomic E-state index is 0.114. The molecule has 0 radical (unpaired) electrons. The second kappa shape index (κ2) is 5.68. The van der Waals surface area contributed by atoms with E-state index in [1.54, 1.807) is 24.3 Å². The average molecular weight is 406 g/mol. The van der Waals surface area contributed by atoms with Crippen molar-refractivity contribution in [1.82, 2.24) is 14.3 Å². The average Bonchev–Trinajstić information content (AvgIpc) is 2.88. The normalized spacial score (nSPS) is 16.4. The number of benzene rings is 2. The van der Waals surface area contributed by atoms with Crippen molar-refractivity contribution < 1.29 is 8.42 Å². The van der Waals surface area contributed by atoms with Crippen LogP contribution in [-0.2, 0) is 10.0 Å². The van der Waals surface area contributed by atoms with Crippen LogP contribution in [0.4, 0.5) is 0 Å². The molecule has 0 amide bonds. The number of aromatic nitrogens is 2.